The summed E-state index contributed by atoms with van der Waals surface area (Å²) < 4.78 is 6.56. The van der Waals surface area contributed by atoms with Crippen LogP contribution in [0.4, 0.5) is 0 Å². The molecule has 0 spiro atoms. The monoisotopic (exact) mass is 235 g/mol. The first-order valence-electron chi connectivity index (χ1n) is 5.28. The van der Waals surface area contributed by atoms with Crippen molar-refractivity contribution in [3.8, 4) is 0 Å². The number of nitrogens with zero attached hydrogens (tertiary/aromatic N) is 3. The molecule has 1 aromatic carbocycles. The van der Waals surface area contributed by atoms with E-state index in [0.717, 1.165) is 6.42 Å². The number of hydrogen-bond donors (Lipinski definition) is 1. The average Bonchev–Trinajstić information content (AvgIpc) is 2.73. The Morgan fingerprint density at radius 3 is 3.06 bits per heavy atom. The zero-order valence-corrected chi connectivity index (χ0v) is 9.46. The van der Waals surface area contributed by atoms with Crippen LogP contribution in [0.1, 0.15) is 16.8 Å². The predicted octanol–water partition coefficient (Wildman–Crippen LogP) is 1.17. The summed E-state index contributed by atoms with van der Waals surface area (Å²) >= 11 is 0. The lowest BCUT2D eigenvalue weighted by Gasteiger charge is -2.03. The highest BCUT2D eigenvalue weighted by Crippen LogP contribution is 2.16. The van der Waals surface area contributed by atoms with E-state index >= 15 is 0 Å². The second kappa shape index (κ2) is 4.92. The second-order valence-electron chi connectivity index (χ2n) is 3.64. The summed E-state index contributed by atoms with van der Waals surface area (Å²) in [5.41, 5.74) is 1.39. The number of carbonyl (C=O) groups is 1. The number of carboxylic acids is 1. The Balaban J connectivity index is 2.39. The van der Waals surface area contributed by atoms with Gasteiger partial charge >= 0.3 is 5.97 Å². The van der Waals surface area contributed by atoms with Crippen LogP contribution in [0.5, 0.6) is 0 Å². The van der Waals surface area contributed by atoms with E-state index in [1.54, 1.807) is 30.0 Å². The van der Waals surface area contributed by atoms with E-state index in [1.165, 1.54) is 0 Å². The first-order chi connectivity index (χ1) is 8.24. The van der Waals surface area contributed by atoms with Crippen LogP contribution in [0.25, 0.3) is 11.0 Å². The normalized spacial score (nSPS) is 10.9. The van der Waals surface area contributed by atoms with Crippen LogP contribution in [0.15, 0.2) is 18.2 Å². The van der Waals surface area contributed by atoms with Gasteiger partial charge in [0.05, 0.1) is 5.56 Å². The van der Waals surface area contributed by atoms with Crippen LogP contribution < -0.4 is 0 Å². The van der Waals surface area contributed by atoms with Crippen LogP contribution in [0.2, 0.25) is 0 Å². The number of aromatic carboxylic acids is 1. The number of methoxy groups -OCH3 is 1. The molecule has 90 valence electrons. The van der Waals surface area contributed by atoms with Crippen molar-refractivity contribution in [2.75, 3.05) is 13.7 Å². The standard InChI is InChI=1S/C11H13N3O3/c1-17-7-3-6-14-10-8(11(15)16)4-2-5-9(10)12-13-14/h2,4-5H,3,6-7H2,1H3,(H,15,16). The Morgan fingerprint density at radius 1 is 1.53 bits per heavy atom. The number of benzene rings is 1. The number of hydrogen-bond acceptors (Lipinski definition) is 4. The van der Waals surface area contributed by atoms with Gasteiger partial charge in [-0.15, -0.1) is 5.10 Å². The van der Waals surface area contributed by atoms with Crippen molar-refractivity contribution in [3.05, 3.63) is 23.8 Å². The van der Waals surface area contributed by atoms with Crippen molar-refractivity contribution in [3.63, 3.8) is 0 Å². The van der Waals surface area contributed by atoms with E-state index in [9.17, 15) is 4.79 Å². The number of aryl methyl sites for hydroxylation is 1. The molecule has 1 N–H and O–H groups in total. The molecule has 0 atom stereocenters. The summed E-state index contributed by atoms with van der Waals surface area (Å²) in [5, 5.41) is 17.0. The molecular formula is C11H13N3O3. The smallest absolute Gasteiger partial charge is 0.337 e. The summed E-state index contributed by atoms with van der Waals surface area (Å²) in [4.78, 5) is 11.1. The molecular weight excluding hydrogens is 222 g/mol. The fourth-order valence-electron chi connectivity index (χ4n) is 1.72. The van der Waals surface area contributed by atoms with Crippen molar-refractivity contribution in [1.82, 2.24) is 15.0 Å². The van der Waals surface area contributed by atoms with Crippen molar-refractivity contribution in [2.24, 2.45) is 0 Å². The van der Waals surface area contributed by atoms with E-state index in [2.05, 4.69) is 10.3 Å². The van der Waals surface area contributed by atoms with E-state index in [0.29, 0.717) is 24.2 Å². The van der Waals surface area contributed by atoms with Gasteiger partial charge in [-0.3, -0.25) is 0 Å². The van der Waals surface area contributed by atoms with Crippen LogP contribution in [-0.4, -0.2) is 39.8 Å². The van der Waals surface area contributed by atoms with E-state index in [-0.39, 0.29) is 5.56 Å². The molecule has 2 aromatic rings. The summed E-state index contributed by atoms with van der Waals surface area (Å²) in [7, 11) is 1.63. The highest BCUT2D eigenvalue weighted by Gasteiger charge is 2.13. The van der Waals surface area contributed by atoms with E-state index < -0.39 is 5.97 Å². The van der Waals surface area contributed by atoms with Crippen LogP contribution in [-0.2, 0) is 11.3 Å². The Kier molecular flexibility index (Phi) is 3.34. The van der Waals surface area contributed by atoms with Gasteiger partial charge in [-0.25, -0.2) is 9.48 Å². The fourth-order valence-corrected chi connectivity index (χ4v) is 1.72. The molecule has 0 unspecified atom stereocenters. The molecule has 0 saturated heterocycles. The third kappa shape index (κ3) is 2.26. The predicted molar refractivity (Wildman–Crippen MR) is 61.0 cm³/mol. The van der Waals surface area contributed by atoms with Crippen molar-refractivity contribution in [2.45, 2.75) is 13.0 Å². The highest BCUT2D eigenvalue weighted by molar-refractivity contribution is 6.00. The number of ether oxygens (including phenoxy) is 1. The molecule has 2 rings (SSSR count). The van der Waals surface area contributed by atoms with Crippen molar-refractivity contribution in [1.29, 1.82) is 0 Å². The molecule has 0 radical (unpaired) electrons. The molecule has 0 fully saturated rings. The number of carboxylic acid groups (broad SMARTS) is 1. The number of rotatable bonds is 5. The van der Waals surface area contributed by atoms with Crippen LogP contribution in [0.3, 0.4) is 0 Å². The minimum atomic E-state index is -0.967. The third-order valence-corrected chi connectivity index (χ3v) is 2.48. The molecule has 0 aliphatic heterocycles. The minimum absolute atomic E-state index is 0.227. The average molecular weight is 235 g/mol. The quantitative estimate of drug-likeness (QED) is 0.787. The van der Waals surface area contributed by atoms with E-state index in [4.69, 9.17) is 9.84 Å². The Labute approximate surface area is 97.8 Å². The first kappa shape index (κ1) is 11.5. The number of para-hydroxylation sites is 1. The van der Waals surface area contributed by atoms with Gasteiger partial charge in [0, 0.05) is 20.3 Å². The maximum absolute atomic E-state index is 11.1. The molecule has 1 aromatic heterocycles. The van der Waals surface area contributed by atoms with E-state index in [1.807, 2.05) is 0 Å². The summed E-state index contributed by atoms with van der Waals surface area (Å²) in [5.74, 6) is -0.967. The molecule has 1 heterocycles. The SMILES string of the molecule is COCCCn1nnc2cccc(C(=O)O)c21. The third-order valence-electron chi connectivity index (χ3n) is 2.48. The van der Waals surface area contributed by atoms with Gasteiger partial charge in [-0.1, -0.05) is 11.3 Å². The molecule has 17 heavy (non-hydrogen) atoms. The highest BCUT2D eigenvalue weighted by atomic mass is 16.5. The molecule has 6 heteroatoms. The van der Waals surface area contributed by atoms with Gasteiger partial charge in [0.15, 0.2) is 0 Å². The largest absolute Gasteiger partial charge is 0.478 e. The van der Waals surface area contributed by atoms with Gasteiger partial charge in [0.1, 0.15) is 11.0 Å². The molecule has 0 aliphatic carbocycles. The number of fused-ring (bicyclic) bond motifs is 1. The van der Waals surface area contributed by atoms with Gasteiger partial charge in [-0.2, -0.15) is 0 Å². The Hall–Kier alpha value is -1.95. The molecule has 0 aliphatic rings. The topological polar surface area (TPSA) is 77.2 Å². The first-order valence-corrected chi connectivity index (χ1v) is 5.28. The lowest BCUT2D eigenvalue weighted by atomic mass is 10.2. The molecule has 0 saturated carbocycles. The minimum Gasteiger partial charge on any atom is -0.478 e. The lowest BCUT2D eigenvalue weighted by Crippen LogP contribution is -2.07. The summed E-state index contributed by atoms with van der Waals surface area (Å²) in [6, 6.07) is 4.97. The van der Waals surface area contributed by atoms with Gasteiger partial charge in [0.25, 0.3) is 0 Å². The van der Waals surface area contributed by atoms with Crippen molar-refractivity contribution >= 4 is 17.0 Å². The molecule has 0 bridgehead atoms. The van der Waals surface area contributed by atoms with Crippen molar-refractivity contribution < 1.29 is 14.6 Å². The fraction of sp³-hybridized carbons (Fsp3) is 0.364. The summed E-state index contributed by atoms with van der Waals surface area (Å²) in [6.07, 6.45) is 0.767. The van der Waals surface area contributed by atoms with Gasteiger partial charge in [0.2, 0.25) is 0 Å². The maximum Gasteiger partial charge on any atom is 0.337 e. The zero-order valence-electron chi connectivity index (χ0n) is 9.46. The summed E-state index contributed by atoms with van der Waals surface area (Å²) in [6.45, 7) is 1.20. The molecule has 6 nitrogen and oxygen atoms in total. The van der Waals surface area contributed by atoms with Gasteiger partial charge in [-0.05, 0) is 18.6 Å². The second-order valence-corrected chi connectivity index (χ2v) is 3.64. The maximum atomic E-state index is 11.1. The lowest BCUT2D eigenvalue weighted by molar-refractivity contribution is 0.0698. The van der Waals surface area contributed by atoms with Crippen LogP contribution >= 0.6 is 0 Å². The Morgan fingerprint density at radius 2 is 2.35 bits per heavy atom. The van der Waals surface area contributed by atoms with Gasteiger partial charge < -0.3 is 9.84 Å². The molecule has 0 amide bonds. The number of aromatic nitrogens is 3. The Bertz CT molecular complexity index is 536. The zero-order chi connectivity index (χ0) is 12.3. The van der Waals surface area contributed by atoms with Crippen LogP contribution in [0, 0.1) is 0 Å².